The molecule has 2 aliphatic heterocycles. The normalized spacial score (nSPS) is 18.9. The summed E-state index contributed by atoms with van der Waals surface area (Å²) in [6, 6.07) is 6.69. The molecular formula is C29H32N4O7S. The number of aromatic nitrogens is 3. The van der Waals surface area contributed by atoms with E-state index >= 15 is 0 Å². The molecule has 4 aromatic rings. The number of carbonyl (C=O) groups is 1. The number of hydrogen-bond donors (Lipinski definition) is 0. The molecule has 0 aliphatic carbocycles. The van der Waals surface area contributed by atoms with Crippen LogP contribution in [0.2, 0.25) is 0 Å². The molecule has 2 aliphatic rings. The van der Waals surface area contributed by atoms with Crippen molar-refractivity contribution in [3.05, 3.63) is 68.7 Å². The Morgan fingerprint density at radius 1 is 1.15 bits per heavy atom. The molecule has 3 aromatic heterocycles. The number of oxazole rings is 1. The number of nitrogens with zero attached hydrogens (tertiary/aromatic N) is 4. The van der Waals surface area contributed by atoms with Crippen molar-refractivity contribution in [3.8, 4) is 16.5 Å². The maximum Gasteiger partial charge on any atom is 0.332 e. The Balaban J connectivity index is 1.56. The van der Waals surface area contributed by atoms with Crippen LogP contribution in [0.4, 0.5) is 0 Å². The first-order valence-electron chi connectivity index (χ1n) is 13.7. The number of ether oxygens (including phenoxy) is 3. The van der Waals surface area contributed by atoms with Crippen molar-refractivity contribution in [2.75, 3.05) is 33.9 Å². The summed E-state index contributed by atoms with van der Waals surface area (Å²) in [4.78, 5) is 48.3. The minimum Gasteiger partial charge on any atom is -0.496 e. The van der Waals surface area contributed by atoms with E-state index in [9.17, 15) is 14.4 Å². The van der Waals surface area contributed by atoms with Gasteiger partial charge in [-0.25, -0.2) is 14.3 Å². The van der Waals surface area contributed by atoms with Crippen molar-refractivity contribution in [2.24, 2.45) is 0 Å². The van der Waals surface area contributed by atoms with Crippen molar-refractivity contribution >= 4 is 27.5 Å². The predicted octanol–water partition coefficient (Wildman–Crippen LogP) is 3.54. The molecule has 0 spiro atoms. The number of amides is 1. The summed E-state index contributed by atoms with van der Waals surface area (Å²) in [7, 11) is 3.28. The third kappa shape index (κ3) is 4.89. The standard InChI is InChI=1S/C29H32N4O7S/c1-17-23-27(35)33(20-8-12-31(2)26(20)34)29(36)32(28(23)41-24(17)25-30-11-15-39-25)16-22(40-18-9-13-38-14-10-18)19-6-4-5-7-21(19)37-3/h4-7,11,15,18,20,22H,8-10,12-14,16H2,1-3H3/t20?,22-/m0/s1. The Morgan fingerprint density at radius 2 is 1.93 bits per heavy atom. The van der Waals surface area contributed by atoms with E-state index in [-0.39, 0.29) is 18.6 Å². The minimum absolute atomic E-state index is 0.0752. The van der Waals surface area contributed by atoms with Crippen molar-refractivity contribution in [3.63, 3.8) is 0 Å². The highest BCUT2D eigenvalue weighted by molar-refractivity contribution is 7.22. The van der Waals surface area contributed by atoms with Crippen LogP contribution in [0.1, 0.15) is 42.5 Å². The van der Waals surface area contributed by atoms with Crippen molar-refractivity contribution < 1.29 is 23.4 Å². The molecule has 1 amide bonds. The van der Waals surface area contributed by atoms with Crippen LogP contribution < -0.4 is 16.0 Å². The molecule has 216 valence electrons. The van der Waals surface area contributed by atoms with Gasteiger partial charge in [-0.1, -0.05) is 18.2 Å². The second-order valence-corrected chi connectivity index (χ2v) is 11.4. The summed E-state index contributed by atoms with van der Waals surface area (Å²) < 4.78 is 26.1. The SMILES string of the molecule is COc1ccccc1[C@H](Cn1c(=O)n(C2CCN(C)C2=O)c(=O)c2c(C)c(-c3ncco3)sc21)OC1CCOCC1. The Labute approximate surface area is 239 Å². The monoisotopic (exact) mass is 580 g/mol. The molecule has 2 atom stereocenters. The zero-order valence-corrected chi connectivity index (χ0v) is 24.0. The molecule has 0 bridgehead atoms. The van der Waals surface area contributed by atoms with Gasteiger partial charge in [0.2, 0.25) is 11.8 Å². The van der Waals surface area contributed by atoms with Crippen LogP contribution in [0.25, 0.3) is 21.0 Å². The zero-order chi connectivity index (χ0) is 28.7. The van der Waals surface area contributed by atoms with Crippen LogP contribution in [-0.4, -0.2) is 64.9 Å². The zero-order valence-electron chi connectivity index (χ0n) is 23.2. The van der Waals surface area contributed by atoms with Crippen molar-refractivity contribution in [1.82, 2.24) is 19.0 Å². The third-order valence-electron chi connectivity index (χ3n) is 7.94. The number of fused-ring (bicyclic) bond motifs is 1. The Bertz CT molecular complexity index is 1680. The lowest BCUT2D eigenvalue weighted by Crippen LogP contribution is -2.45. The molecule has 41 heavy (non-hydrogen) atoms. The summed E-state index contributed by atoms with van der Waals surface area (Å²) in [6.45, 7) is 3.58. The molecule has 12 heteroatoms. The summed E-state index contributed by atoms with van der Waals surface area (Å²) in [6.07, 6.45) is 4.19. The van der Waals surface area contributed by atoms with Crippen LogP contribution in [0, 0.1) is 6.92 Å². The molecule has 1 unspecified atom stereocenters. The lowest BCUT2D eigenvalue weighted by molar-refractivity contribution is -0.129. The highest BCUT2D eigenvalue weighted by Gasteiger charge is 2.36. The van der Waals surface area contributed by atoms with Crippen LogP contribution in [0.3, 0.4) is 0 Å². The second kappa shape index (κ2) is 11.3. The molecule has 2 fully saturated rings. The van der Waals surface area contributed by atoms with E-state index in [0.29, 0.717) is 58.5 Å². The van der Waals surface area contributed by atoms with Gasteiger partial charge in [0.05, 0.1) is 36.2 Å². The number of likely N-dealkylation sites (tertiary alicyclic amines) is 1. The van der Waals surface area contributed by atoms with E-state index in [2.05, 4.69) is 4.98 Å². The second-order valence-electron chi connectivity index (χ2n) is 10.4. The van der Waals surface area contributed by atoms with E-state index in [1.165, 1.54) is 23.8 Å². The van der Waals surface area contributed by atoms with Gasteiger partial charge in [0.1, 0.15) is 29.0 Å². The number of hydrogen-bond acceptors (Lipinski definition) is 9. The van der Waals surface area contributed by atoms with Gasteiger partial charge in [0.15, 0.2) is 0 Å². The van der Waals surface area contributed by atoms with Gasteiger partial charge in [0, 0.05) is 32.4 Å². The van der Waals surface area contributed by atoms with Gasteiger partial charge in [0.25, 0.3) is 5.56 Å². The molecule has 0 N–H and O–H groups in total. The van der Waals surface area contributed by atoms with Gasteiger partial charge in [-0.2, -0.15) is 0 Å². The molecule has 11 nitrogen and oxygen atoms in total. The topological polar surface area (TPSA) is 118 Å². The fourth-order valence-electron chi connectivity index (χ4n) is 5.74. The van der Waals surface area contributed by atoms with Crippen molar-refractivity contribution in [1.29, 1.82) is 0 Å². The highest BCUT2D eigenvalue weighted by Crippen LogP contribution is 2.38. The first-order chi connectivity index (χ1) is 19.9. The maximum atomic E-state index is 14.3. The lowest BCUT2D eigenvalue weighted by atomic mass is 10.1. The average Bonchev–Trinajstić information content (AvgIpc) is 3.72. The van der Waals surface area contributed by atoms with Crippen LogP contribution >= 0.6 is 11.3 Å². The van der Waals surface area contributed by atoms with Gasteiger partial charge in [-0.3, -0.25) is 14.2 Å². The molecule has 1 aromatic carbocycles. The van der Waals surface area contributed by atoms with E-state index < -0.39 is 23.4 Å². The molecule has 0 saturated carbocycles. The Hall–Kier alpha value is -3.74. The fourth-order valence-corrected chi connectivity index (χ4v) is 6.98. The first kappa shape index (κ1) is 27.4. The first-order valence-corrected chi connectivity index (χ1v) is 14.5. The largest absolute Gasteiger partial charge is 0.496 e. The predicted molar refractivity (Wildman–Crippen MR) is 153 cm³/mol. The number of methoxy groups -OCH3 is 1. The third-order valence-corrected chi connectivity index (χ3v) is 9.24. The quantitative estimate of drug-likeness (QED) is 0.311. The Morgan fingerprint density at radius 3 is 2.61 bits per heavy atom. The van der Waals surface area contributed by atoms with Crippen LogP contribution in [-0.2, 0) is 20.8 Å². The summed E-state index contributed by atoms with van der Waals surface area (Å²) in [5, 5.41) is 0.370. The molecule has 6 rings (SSSR count). The Kier molecular flexibility index (Phi) is 7.54. The smallest absolute Gasteiger partial charge is 0.332 e. The molecule has 2 saturated heterocycles. The van der Waals surface area contributed by atoms with Crippen LogP contribution in [0.5, 0.6) is 5.75 Å². The van der Waals surface area contributed by atoms with E-state index in [1.807, 2.05) is 31.2 Å². The number of thiophene rings is 1. The lowest BCUT2D eigenvalue weighted by Gasteiger charge is -2.29. The van der Waals surface area contributed by atoms with Crippen molar-refractivity contribution in [2.45, 2.75) is 51.0 Å². The van der Waals surface area contributed by atoms with Gasteiger partial charge >= 0.3 is 5.69 Å². The summed E-state index contributed by atoms with van der Waals surface area (Å²) in [5.74, 6) is 0.748. The number of para-hydroxylation sites is 1. The number of aryl methyl sites for hydroxylation is 1. The average molecular weight is 581 g/mol. The highest BCUT2D eigenvalue weighted by atomic mass is 32.1. The van der Waals surface area contributed by atoms with Gasteiger partial charge in [-0.15, -0.1) is 11.3 Å². The minimum atomic E-state index is -0.874. The summed E-state index contributed by atoms with van der Waals surface area (Å²) >= 11 is 1.27. The van der Waals surface area contributed by atoms with E-state index in [4.69, 9.17) is 18.6 Å². The molecule has 0 radical (unpaired) electrons. The maximum absolute atomic E-state index is 14.3. The van der Waals surface area contributed by atoms with Crippen LogP contribution in [0.15, 0.2) is 50.7 Å². The molecular weight excluding hydrogens is 548 g/mol. The summed E-state index contributed by atoms with van der Waals surface area (Å²) in [5.41, 5.74) is 0.405. The van der Waals surface area contributed by atoms with E-state index in [0.717, 1.165) is 23.0 Å². The number of carbonyl (C=O) groups excluding carboxylic acids is 1. The van der Waals surface area contributed by atoms with E-state index in [1.54, 1.807) is 23.6 Å². The van der Waals surface area contributed by atoms with Gasteiger partial charge in [-0.05, 0) is 37.8 Å². The number of rotatable bonds is 8. The van der Waals surface area contributed by atoms with Gasteiger partial charge < -0.3 is 23.5 Å². The number of likely N-dealkylation sites (N-methyl/N-ethyl adjacent to an activating group) is 1. The number of benzene rings is 1. The molecule has 5 heterocycles. The fraction of sp³-hybridized carbons (Fsp3) is 0.448.